The van der Waals surface area contributed by atoms with Crippen molar-refractivity contribution in [3.8, 4) is 0 Å². The van der Waals surface area contributed by atoms with E-state index in [2.05, 4.69) is 10.3 Å². The van der Waals surface area contributed by atoms with Gasteiger partial charge in [-0.1, -0.05) is 36.9 Å². The van der Waals surface area contributed by atoms with Gasteiger partial charge in [0.1, 0.15) is 4.90 Å². The monoisotopic (exact) mass is 475 g/mol. The molecule has 7 nitrogen and oxygen atoms in total. The average Bonchev–Trinajstić information content (AvgIpc) is 3.21. The maximum Gasteiger partial charge on any atom is 0.341 e. The summed E-state index contributed by atoms with van der Waals surface area (Å²) < 4.78 is 33.4. The molecule has 32 heavy (non-hydrogen) atoms. The molecule has 0 bridgehead atoms. The van der Waals surface area contributed by atoms with Gasteiger partial charge < -0.3 is 10.1 Å². The number of benzene rings is 1. The second-order valence-corrected chi connectivity index (χ2v) is 10.2. The Morgan fingerprint density at radius 3 is 2.72 bits per heavy atom. The number of carbonyl (C=O) groups is 1. The summed E-state index contributed by atoms with van der Waals surface area (Å²) in [5, 5.41) is 3.94. The molecule has 1 N–H and O–H groups in total. The number of carbonyl (C=O) groups excluding carboxylic acids is 1. The first-order chi connectivity index (χ1) is 15.3. The molecule has 1 aliphatic rings. The molecular formula is C23H26ClN3O4S. The number of hydrogen-bond acceptors (Lipinski definition) is 6. The van der Waals surface area contributed by atoms with Crippen LogP contribution < -0.4 is 5.32 Å². The Morgan fingerprint density at radius 2 is 2.00 bits per heavy atom. The van der Waals surface area contributed by atoms with Crippen molar-refractivity contribution in [3.05, 3.63) is 52.8 Å². The third kappa shape index (κ3) is 4.21. The molecule has 1 fully saturated rings. The minimum Gasteiger partial charge on any atom is -0.462 e. The van der Waals surface area contributed by atoms with E-state index in [1.165, 1.54) is 18.8 Å². The number of anilines is 1. The molecule has 1 saturated carbocycles. The topological polar surface area (TPSA) is 90.3 Å². The highest BCUT2D eigenvalue weighted by molar-refractivity contribution is 7.90. The molecule has 0 aliphatic heterocycles. The second-order valence-electron chi connectivity index (χ2n) is 8.04. The van der Waals surface area contributed by atoms with E-state index in [-0.39, 0.29) is 33.8 Å². The van der Waals surface area contributed by atoms with Gasteiger partial charge in [0, 0.05) is 23.8 Å². The van der Waals surface area contributed by atoms with E-state index in [1.807, 2.05) is 13.0 Å². The first-order valence-corrected chi connectivity index (χ1v) is 12.6. The molecule has 0 unspecified atom stereocenters. The van der Waals surface area contributed by atoms with Gasteiger partial charge in [0.25, 0.3) is 10.0 Å². The zero-order chi connectivity index (χ0) is 22.9. The fourth-order valence-corrected chi connectivity index (χ4v) is 5.85. The number of halogens is 1. The lowest BCUT2D eigenvalue weighted by molar-refractivity contribution is 0.0526. The molecule has 1 aliphatic carbocycles. The number of nitrogens with zero attached hydrogens (tertiary/aromatic N) is 2. The van der Waals surface area contributed by atoms with Crippen LogP contribution >= 0.6 is 11.6 Å². The highest BCUT2D eigenvalue weighted by Crippen LogP contribution is 2.33. The Kier molecular flexibility index (Phi) is 6.44. The highest BCUT2D eigenvalue weighted by Gasteiger charge is 2.26. The van der Waals surface area contributed by atoms with Gasteiger partial charge in [0.05, 0.1) is 22.9 Å². The summed E-state index contributed by atoms with van der Waals surface area (Å²) in [6.07, 6.45) is 8.20. The van der Waals surface area contributed by atoms with E-state index in [0.29, 0.717) is 11.1 Å². The Bertz CT molecular complexity index is 1260. The first-order valence-electron chi connectivity index (χ1n) is 10.8. The van der Waals surface area contributed by atoms with Crippen molar-refractivity contribution in [2.45, 2.75) is 56.9 Å². The molecule has 2 heterocycles. The van der Waals surface area contributed by atoms with Crippen LogP contribution in [0.3, 0.4) is 0 Å². The number of nitrogens with one attached hydrogen (secondary N) is 1. The summed E-state index contributed by atoms with van der Waals surface area (Å²) in [6.45, 7) is 3.83. The van der Waals surface area contributed by atoms with Gasteiger partial charge in [-0.15, -0.1) is 0 Å². The molecule has 2 aromatic heterocycles. The van der Waals surface area contributed by atoms with E-state index >= 15 is 0 Å². The summed E-state index contributed by atoms with van der Waals surface area (Å²) in [4.78, 5) is 16.5. The molecule has 0 atom stereocenters. The van der Waals surface area contributed by atoms with Crippen LogP contribution in [0.4, 0.5) is 5.69 Å². The van der Waals surface area contributed by atoms with Crippen molar-refractivity contribution >= 4 is 44.3 Å². The fraction of sp³-hybridized carbons (Fsp3) is 0.391. The van der Waals surface area contributed by atoms with Crippen molar-refractivity contribution in [1.82, 2.24) is 8.96 Å². The minimum absolute atomic E-state index is 0.103. The number of fused-ring (bicyclic) bond motifs is 1. The van der Waals surface area contributed by atoms with Crippen LogP contribution in [-0.4, -0.2) is 36.0 Å². The lowest BCUT2D eigenvalue weighted by Crippen LogP contribution is -2.24. The Morgan fingerprint density at radius 1 is 1.25 bits per heavy atom. The smallest absolute Gasteiger partial charge is 0.341 e. The SMILES string of the molecule is CCOC(=O)c1cnc2c(ccn2S(=O)(=O)c2ccc(C)cc2NC2CCCCC2)c1Cl. The third-order valence-corrected chi connectivity index (χ3v) is 7.88. The van der Waals surface area contributed by atoms with Crippen molar-refractivity contribution in [3.63, 3.8) is 0 Å². The third-order valence-electron chi connectivity index (χ3n) is 5.75. The summed E-state index contributed by atoms with van der Waals surface area (Å²) in [5.41, 5.74) is 1.83. The van der Waals surface area contributed by atoms with Gasteiger partial charge in [0.2, 0.25) is 0 Å². The maximum atomic E-state index is 13.7. The van der Waals surface area contributed by atoms with E-state index in [0.717, 1.165) is 35.2 Å². The van der Waals surface area contributed by atoms with Crippen molar-refractivity contribution < 1.29 is 17.9 Å². The predicted molar refractivity (Wildman–Crippen MR) is 125 cm³/mol. The molecule has 0 spiro atoms. The van der Waals surface area contributed by atoms with Crippen LogP contribution in [0.5, 0.6) is 0 Å². The molecule has 1 aromatic carbocycles. The van der Waals surface area contributed by atoms with E-state index < -0.39 is 16.0 Å². The molecule has 170 valence electrons. The summed E-state index contributed by atoms with van der Waals surface area (Å²) in [5.74, 6) is -0.597. The second kappa shape index (κ2) is 9.11. The Balaban J connectivity index is 1.77. The van der Waals surface area contributed by atoms with Gasteiger partial charge in [0.15, 0.2) is 5.65 Å². The minimum atomic E-state index is -3.96. The maximum absolute atomic E-state index is 13.7. The molecule has 4 rings (SSSR count). The normalized spacial score (nSPS) is 15.1. The molecule has 0 radical (unpaired) electrons. The van der Waals surface area contributed by atoms with E-state index in [1.54, 1.807) is 25.1 Å². The number of esters is 1. The summed E-state index contributed by atoms with van der Waals surface area (Å²) in [6, 6.07) is 7.07. The molecule has 3 aromatic rings. The van der Waals surface area contributed by atoms with Gasteiger partial charge in [-0.3, -0.25) is 0 Å². The lowest BCUT2D eigenvalue weighted by Gasteiger charge is -2.25. The van der Waals surface area contributed by atoms with Crippen LogP contribution in [0.25, 0.3) is 11.0 Å². The van der Waals surface area contributed by atoms with Gasteiger partial charge in [-0.25, -0.2) is 22.2 Å². The summed E-state index contributed by atoms with van der Waals surface area (Å²) >= 11 is 6.40. The van der Waals surface area contributed by atoms with Crippen LogP contribution in [0.15, 0.2) is 41.6 Å². The average molecular weight is 476 g/mol. The zero-order valence-electron chi connectivity index (χ0n) is 18.1. The number of pyridine rings is 1. The van der Waals surface area contributed by atoms with Crippen LogP contribution in [0, 0.1) is 6.92 Å². The largest absolute Gasteiger partial charge is 0.462 e. The number of aromatic nitrogens is 2. The lowest BCUT2D eigenvalue weighted by atomic mass is 9.95. The number of aryl methyl sites for hydroxylation is 1. The summed E-state index contributed by atoms with van der Waals surface area (Å²) in [7, 11) is -3.96. The van der Waals surface area contributed by atoms with Crippen LogP contribution in [0.1, 0.15) is 54.9 Å². The van der Waals surface area contributed by atoms with Gasteiger partial charge >= 0.3 is 5.97 Å². The number of rotatable bonds is 6. The van der Waals surface area contributed by atoms with E-state index in [4.69, 9.17) is 16.3 Å². The number of ether oxygens (including phenoxy) is 1. The quantitative estimate of drug-likeness (QED) is 0.495. The van der Waals surface area contributed by atoms with Crippen LogP contribution in [0.2, 0.25) is 5.02 Å². The standard InChI is InChI=1S/C23H26ClN3O4S/c1-3-31-23(28)18-14-25-22-17(21(18)24)11-12-27(22)32(29,30)20-10-9-15(2)13-19(20)26-16-7-5-4-6-8-16/h9-14,16,26H,3-8H2,1-2H3. The van der Waals surface area contributed by atoms with Crippen molar-refractivity contribution in [1.29, 1.82) is 0 Å². The predicted octanol–water partition coefficient (Wildman–Crippen LogP) is 5.16. The molecular weight excluding hydrogens is 450 g/mol. The van der Waals surface area contributed by atoms with Gasteiger partial charge in [-0.05, 0) is 50.5 Å². The zero-order valence-corrected chi connectivity index (χ0v) is 19.7. The van der Waals surface area contributed by atoms with Crippen molar-refractivity contribution in [2.75, 3.05) is 11.9 Å². The molecule has 0 amide bonds. The Hall–Kier alpha value is -2.58. The highest BCUT2D eigenvalue weighted by atomic mass is 35.5. The Labute approximate surface area is 192 Å². The van der Waals surface area contributed by atoms with Crippen LogP contribution in [-0.2, 0) is 14.8 Å². The van der Waals surface area contributed by atoms with Gasteiger partial charge in [-0.2, -0.15) is 0 Å². The molecule has 0 saturated heterocycles. The fourth-order valence-electron chi connectivity index (χ4n) is 4.13. The van der Waals surface area contributed by atoms with E-state index in [9.17, 15) is 13.2 Å². The molecule has 9 heteroatoms. The first kappa shape index (κ1) is 22.6. The number of hydrogen-bond donors (Lipinski definition) is 1. The van der Waals surface area contributed by atoms with Crippen molar-refractivity contribution in [2.24, 2.45) is 0 Å².